The van der Waals surface area contributed by atoms with E-state index >= 15 is 0 Å². The number of aliphatic hydroxyl groups excluding tert-OH is 1. The van der Waals surface area contributed by atoms with Crippen molar-refractivity contribution >= 4 is 45.5 Å². The number of nitrogens with zero attached hydrogens (tertiary/aromatic N) is 1. The quantitative estimate of drug-likeness (QED) is 0.138. The molecular weight excluding hydrogens is 1010 g/mol. The summed E-state index contributed by atoms with van der Waals surface area (Å²) in [5.74, 6) is -9.53. The maximum Gasteiger partial charge on any atom is 0.422 e. The third kappa shape index (κ3) is 15.1. The van der Waals surface area contributed by atoms with Crippen molar-refractivity contribution in [3.63, 3.8) is 0 Å². The highest BCUT2D eigenvalue weighted by Gasteiger charge is 2.57. The highest BCUT2D eigenvalue weighted by atomic mass is 32.2. The van der Waals surface area contributed by atoms with Crippen LogP contribution >= 0.6 is 0 Å². The first kappa shape index (κ1) is 61.0. The lowest BCUT2D eigenvalue weighted by atomic mass is 9.68. The Kier molecular flexibility index (Phi) is 21.8. The van der Waals surface area contributed by atoms with Crippen LogP contribution in [0.5, 0.6) is 0 Å². The number of aliphatic hydroxyl groups is 2. The fourth-order valence-electron chi connectivity index (χ4n) is 12.2. The molecule has 4 N–H and O–H groups in total. The summed E-state index contributed by atoms with van der Waals surface area (Å²) in [6.07, 6.45) is 7.83. The lowest BCUT2D eigenvalue weighted by Gasteiger charge is -2.50. The van der Waals surface area contributed by atoms with Crippen LogP contribution in [-0.4, -0.2) is 161 Å². The number of ketones is 3. The van der Waals surface area contributed by atoms with Gasteiger partial charge in [0.05, 0.1) is 24.9 Å². The number of methoxy groups -OCH3 is 3. The first-order valence-corrected chi connectivity index (χ1v) is 28.6. The summed E-state index contributed by atoms with van der Waals surface area (Å²) in [5.41, 5.74) is 1.19. The van der Waals surface area contributed by atoms with Crippen LogP contribution in [0, 0.1) is 41.4 Å². The van der Waals surface area contributed by atoms with Gasteiger partial charge in [0.15, 0.2) is 5.78 Å². The molecule has 76 heavy (non-hydrogen) atoms. The van der Waals surface area contributed by atoms with Gasteiger partial charge in [-0.25, -0.2) is 14.3 Å². The predicted octanol–water partition coefficient (Wildman–Crippen LogP) is 4.76. The largest absolute Gasteiger partial charge is 0.460 e. The number of hydrogen-bond acceptors (Lipinski definition) is 17. The van der Waals surface area contributed by atoms with Gasteiger partial charge in [0.25, 0.3) is 11.7 Å². The molecule has 21 heteroatoms. The van der Waals surface area contributed by atoms with E-state index in [9.17, 15) is 47.4 Å². The van der Waals surface area contributed by atoms with Crippen LogP contribution in [0.4, 0.5) is 4.79 Å². The van der Waals surface area contributed by atoms with Gasteiger partial charge in [-0.05, 0) is 107 Å². The molecule has 1 unspecified atom stereocenters. The highest BCUT2D eigenvalue weighted by molar-refractivity contribution is 7.88. The minimum absolute atomic E-state index is 0.0130. The van der Waals surface area contributed by atoms with Crippen molar-refractivity contribution in [2.45, 2.75) is 179 Å². The van der Waals surface area contributed by atoms with Crippen molar-refractivity contribution in [3.05, 3.63) is 47.6 Å². The molecule has 5 heterocycles. The summed E-state index contributed by atoms with van der Waals surface area (Å²) in [6.45, 7) is 11.2. The van der Waals surface area contributed by atoms with E-state index in [1.54, 1.807) is 40.9 Å². The van der Waals surface area contributed by atoms with E-state index in [0.717, 1.165) is 5.57 Å². The molecule has 6 rings (SSSR count). The summed E-state index contributed by atoms with van der Waals surface area (Å²) in [7, 11) is 0.116. The number of carbonyl (C=O) groups is 6. The Balaban J connectivity index is 1.29. The number of allylic oxidation sites excluding steroid dienone is 6. The summed E-state index contributed by atoms with van der Waals surface area (Å²) < 4.78 is 70.2. The molecule has 5 fully saturated rings. The van der Waals surface area contributed by atoms with Gasteiger partial charge in [-0.15, -0.1) is 0 Å². The van der Waals surface area contributed by atoms with Crippen LogP contribution in [-0.2, 0) is 67.3 Å². The molecule has 5 aliphatic heterocycles. The second kappa shape index (κ2) is 27.1. The molecule has 6 aliphatic rings. The fraction of sp³-hybridized carbons (Fsp3) is 0.745. The summed E-state index contributed by atoms with van der Waals surface area (Å²) in [4.78, 5) is 85.9. The molecule has 0 aromatic rings. The minimum Gasteiger partial charge on any atom is -0.460 e. The van der Waals surface area contributed by atoms with Crippen LogP contribution < -0.4 is 9.44 Å². The molecule has 20 nitrogen and oxygen atoms in total. The standard InChI is InChI=1S/C55H83N3O17S/c1-31-14-11-10-12-15-32(2)44(69-7)28-39-19-17-36(6)55(66,75-39)51(62)52(63)58-22-13-16-40-41(26-37-18-20-43(46(27-37)70-8)74-54(65)57-76(67,68)56-38-21-23-72-30-38)45(73-53(64)47(40)58)29-42(59)33(3)25-35(5)49(61)50(71-9)48(60)34(4)24-31/h10-12,14-15,25,31,33-34,36-41,43-47,49-50,56,61,66H,13,16-24,26-30H2,1-9H3,(H,57,65)/b12-10+,14-11+,32-15?,35-25+/t31-,33-,34-,36-,37+,38+,39+,40?,41+,43-,44+,45+,46-,47+,49-,50+,55-/m1/s1. The monoisotopic (exact) mass is 1090 g/mol. The zero-order chi connectivity index (χ0) is 55.6. The van der Waals surface area contributed by atoms with E-state index < -0.39 is 124 Å². The van der Waals surface area contributed by atoms with E-state index in [1.807, 2.05) is 48.9 Å². The van der Waals surface area contributed by atoms with Crippen LogP contribution in [0.15, 0.2) is 47.6 Å². The number of carbonyl (C=O) groups excluding carboxylic acids is 6. The number of rotatable bonds is 9. The normalized spacial score (nSPS) is 39.6. The summed E-state index contributed by atoms with van der Waals surface area (Å²) in [6, 6.07) is -1.72. The Bertz CT molecular complexity index is 2310. The fourth-order valence-corrected chi connectivity index (χ4v) is 13.1. The molecule has 426 valence electrons. The molecule has 6 bridgehead atoms. The zero-order valence-corrected chi connectivity index (χ0v) is 46.5. The molecule has 0 spiro atoms. The maximum atomic E-state index is 14.6. The number of amides is 2. The number of fused-ring (bicyclic) bond motifs is 3. The molecule has 1 saturated carbocycles. The molecule has 4 saturated heterocycles. The average molecular weight is 1090 g/mol. The SMILES string of the molecule is CO[C@H]1C[C@@H]2CC[C@@H](C)[C@@](O)(O2)C(=O)C(=O)N2CCCC3[C@H]2C(=O)O[C@@H](CC(=O)[C@H](C)/C=C(\C)[C@@H](O)[C@@H](OC)C(=O)[C@H](C)C[C@H](C)/C=C/C=C/C=C1C)[C@H]3C[C@@H]1CC[C@@H](OC(=O)NS(=O)(=O)N[C@H]2CCOC2)[C@H](OC)C1. The number of piperidine rings is 1. The zero-order valence-electron chi connectivity index (χ0n) is 45.7. The smallest absolute Gasteiger partial charge is 0.422 e. The number of Topliss-reactive ketones (excluding diaryl/α,β-unsaturated/α-hetero) is 3. The number of nitrogens with one attached hydrogen (secondary N) is 2. The Labute approximate surface area is 448 Å². The number of hydrogen-bond donors (Lipinski definition) is 4. The van der Waals surface area contributed by atoms with E-state index in [0.29, 0.717) is 70.0 Å². The molecule has 1 aliphatic carbocycles. The topological polar surface area (TPSA) is 269 Å². The number of esters is 1. The van der Waals surface area contributed by atoms with Crippen molar-refractivity contribution < 1.29 is 80.6 Å². The minimum atomic E-state index is -4.25. The van der Waals surface area contributed by atoms with Crippen molar-refractivity contribution in [2.24, 2.45) is 41.4 Å². The van der Waals surface area contributed by atoms with Crippen molar-refractivity contribution in [3.8, 4) is 0 Å². The molecule has 0 aromatic carbocycles. The number of ether oxygens (including phenoxy) is 7. The van der Waals surface area contributed by atoms with Crippen LogP contribution in [0.1, 0.15) is 119 Å². The second-order valence-corrected chi connectivity index (χ2v) is 23.6. The molecular formula is C55H83N3O17S. The maximum absolute atomic E-state index is 14.6. The van der Waals surface area contributed by atoms with Gasteiger partial charge in [-0.2, -0.15) is 13.1 Å². The van der Waals surface area contributed by atoms with Gasteiger partial charge < -0.3 is 48.3 Å². The lowest BCUT2D eigenvalue weighted by Crippen LogP contribution is -2.65. The lowest BCUT2D eigenvalue weighted by molar-refractivity contribution is -0.266. The van der Waals surface area contributed by atoms with Gasteiger partial charge in [-0.1, -0.05) is 64.2 Å². The molecule has 0 aromatic heterocycles. The first-order valence-electron chi connectivity index (χ1n) is 27.1. The first-order chi connectivity index (χ1) is 36.0. The third-order valence-electron chi connectivity index (χ3n) is 16.6. The van der Waals surface area contributed by atoms with Gasteiger partial charge in [-0.3, -0.25) is 19.2 Å². The molecule has 2 amide bonds. The molecule has 17 atom stereocenters. The second-order valence-electron chi connectivity index (χ2n) is 22.2. The Morgan fingerprint density at radius 2 is 1.63 bits per heavy atom. The van der Waals surface area contributed by atoms with Gasteiger partial charge in [0, 0.05) is 77.0 Å². The Morgan fingerprint density at radius 1 is 0.882 bits per heavy atom. The summed E-state index contributed by atoms with van der Waals surface area (Å²) in [5, 5.41) is 23.7. The Hall–Kier alpha value is -4.19. The average Bonchev–Trinajstić information content (AvgIpc) is 3.89. The summed E-state index contributed by atoms with van der Waals surface area (Å²) >= 11 is 0. The van der Waals surface area contributed by atoms with Crippen LogP contribution in [0.3, 0.4) is 0 Å². The van der Waals surface area contributed by atoms with E-state index in [1.165, 1.54) is 19.1 Å². The predicted molar refractivity (Wildman–Crippen MR) is 277 cm³/mol. The van der Waals surface area contributed by atoms with Crippen molar-refractivity contribution in [1.82, 2.24) is 14.3 Å². The van der Waals surface area contributed by atoms with Gasteiger partial charge in [0.2, 0.25) is 5.79 Å². The third-order valence-corrected chi connectivity index (χ3v) is 17.7. The van der Waals surface area contributed by atoms with Crippen LogP contribution in [0.25, 0.3) is 0 Å². The highest BCUT2D eigenvalue weighted by Crippen LogP contribution is 2.46. The van der Waals surface area contributed by atoms with Crippen molar-refractivity contribution in [2.75, 3.05) is 41.1 Å². The van der Waals surface area contributed by atoms with E-state index in [-0.39, 0.29) is 55.8 Å². The van der Waals surface area contributed by atoms with Gasteiger partial charge in [0.1, 0.15) is 36.2 Å². The van der Waals surface area contributed by atoms with Crippen LogP contribution in [0.2, 0.25) is 0 Å². The van der Waals surface area contributed by atoms with Gasteiger partial charge >= 0.3 is 22.3 Å². The van der Waals surface area contributed by atoms with E-state index in [2.05, 4.69) is 4.72 Å². The Morgan fingerprint density at radius 3 is 2.32 bits per heavy atom. The van der Waals surface area contributed by atoms with E-state index in [4.69, 9.17) is 33.2 Å². The van der Waals surface area contributed by atoms with Crippen molar-refractivity contribution in [1.29, 1.82) is 0 Å². The molecule has 0 radical (unpaired) electrons.